The minimum atomic E-state index is 0.887. The van der Waals surface area contributed by atoms with E-state index in [0.29, 0.717) is 0 Å². The predicted octanol–water partition coefficient (Wildman–Crippen LogP) is 2.97. The Balaban J connectivity index is 1.93. The molecule has 1 aliphatic heterocycles. The topological polar surface area (TPSA) is 24.5 Å². The second kappa shape index (κ2) is 7.39. The summed E-state index contributed by atoms with van der Waals surface area (Å²) in [6.45, 7) is 6.46. The highest BCUT2D eigenvalue weighted by Gasteiger charge is 2.12. The van der Waals surface area contributed by atoms with Gasteiger partial charge in [-0.1, -0.05) is 31.5 Å². The number of benzene rings is 1. The van der Waals surface area contributed by atoms with Crippen molar-refractivity contribution in [2.45, 2.75) is 39.2 Å². The van der Waals surface area contributed by atoms with Crippen molar-refractivity contribution in [1.29, 1.82) is 0 Å². The number of hydroxylamine groups is 1. The van der Waals surface area contributed by atoms with Gasteiger partial charge in [0, 0.05) is 18.7 Å². The highest BCUT2D eigenvalue weighted by molar-refractivity contribution is 5.33. The van der Waals surface area contributed by atoms with E-state index >= 15 is 0 Å². The first kappa shape index (κ1) is 13.4. The van der Waals surface area contributed by atoms with Crippen LogP contribution in [-0.4, -0.2) is 24.5 Å². The molecule has 0 aromatic heterocycles. The molecule has 1 saturated heterocycles. The number of nitrogens with zero attached hydrogens (tertiary/aromatic N) is 1. The molecule has 0 radical (unpaired) electrons. The maximum absolute atomic E-state index is 5.64. The Morgan fingerprint density at radius 1 is 1.17 bits per heavy atom. The van der Waals surface area contributed by atoms with E-state index in [9.17, 15) is 0 Å². The summed E-state index contributed by atoms with van der Waals surface area (Å²) in [5.74, 6) is 0.969. The van der Waals surface area contributed by atoms with Crippen molar-refractivity contribution >= 4 is 0 Å². The molecule has 1 N–H and O–H groups in total. The minimum absolute atomic E-state index is 0.887. The Bertz CT molecular complexity index is 348. The van der Waals surface area contributed by atoms with E-state index in [4.69, 9.17) is 4.84 Å². The van der Waals surface area contributed by atoms with Crippen LogP contribution in [0.25, 0.3) is 0 Å². The second-order valence-electron chi connectivity index (χ2n) is 4.94. The van der Waals surface area contributed by atoms with Crippen molar-refractivity contribution in [1.82, 2.24) is 10.4 Å². The molecule has 18 heavy (non-hydrogen) atoms. The fourth-order valence-electron chi connectivity index (χ4n) is 2.32. The number of nitrogens with one attached hydrogen (secondary N) is 1. The Morgan fingerprint density at radius 2 is 1.94 bits per heavy atom. The van der Waals surface area contributed by atoms with Crippen LogP contribution < -0.4 is 10.3 Å². The number of hydrogen-bond acceptors (Lipinski definition) is 3. The first-order chi connectivity index (χ1) is 8.90. The largest absolute Gasteiger partial charge is 0.408 e. The zero-order chi connectivity index (χ0) is 12.6. The van der Waals surface area contributed by atoms with Gasteiger partial charge < -0.3 is 4.84 Å². The van der Waals surface area contributed by atoms with Crippen molar-refractivity contribution in [3.63, 3.8) is 0 Å². The lowest BCUT2D eigenvalue weighted by Gasteiger charge is -2.27. The molecule has 1 aromatic carbocycles. The molecule has 0 bridgehead atoms. The van der Waals surface area contributed by atoms with E-state index < -0.39 is 0 Å². The third-order valence-electron chi connectivity index (χ3n) is 3.35. The van der Waals surface area contributed by atoms with Crippen LogP contribution in [0.4, 0.5) is 0 Å². The van der Waals surface area contributed by atoms with Crippen LogP contribution in [-0.2, 0) is 6.54 Å². The Hall–Kier alpha value is -1.06. The summed E-state index contributed by atoms with van der Waals surface area (Å²) in [5.41, 5.74) is 4.29. The van der Waals surface area contributed by atoms with Crippen LogP contribution in [0.2, 0.25) is 0 Å². The van der Waals surface area contributed by atoms with Gasteiger partial charge in [-0.3, -0.25) is 4.90 Å². The summed E-state index contributed by atoms with van der Waals surface area (Å²) in [5, 5.41) is 0. The monoisotopic (exact) mass is 248 g/mol. The van der Waals surface area contributed by atoms with Crippen molar-refractivity contribution in [3.05, 3.63) is 29.8 Å². The fraction of sp³-hybridized carbons (Fsp3) is 0.600. The van der Waals surface area contributed by atoms with Gasteiger partial charge in [0.1, 0.15) is 0 Å². The Kier molecular flexibility index (Phi) is 5.49. The molecule has 0 unspecified atom stereocenters. The summed E-state index contributed by atoms with van der Waals surface area (Å²) in [4.78, 5) is 8.16. The lowest BCUT2D eigenvalue weighted by atomic mass is 10.1. The van der Waals surface area contributed by atoms with Crippen LogP contribution >= 0.6 is 0 Å². The Labute approximate surface area is 110 Å². The molecule has 0 saturated carbocycles. The summed E-state index contributed by atoms with van der Waals surface area (Å²) in [6.07, 6.45) is 5.12. The van der Waals surface area contributed by atoms with Crippen molar-refractivity contribution in [3.8, 4) is 5.75 Å². The molecule has 2 rings (SSSR count). The third kappa shape index (κ3) is 4.00. The third-order valence-corrected chi connectivity index (χ3v) is 3.35. The molecule has 0 spiro atoms. The van der Waals surface area contributed by atoms with Gasteiger partial charge >= 0.3 is 0 Å². The molecule has 1 fully saturated rings. The molecular formula is C15H24N2O. The molecule has 3 heteroatoms. The fourth-order valence-corrected chi connectivity index (χ4v) is 2.32. The molecule has 0 atom stereocenters. The number of rotatable bonds is 6. The number of para-hydroxylation sites is 1. The standard InChI is InChI=1S/C15H24N2O/c1-2-10-16-18-15-9-5-4-8-14(15)13-17-11-6-3-7-12-17/h4-5,8-9,16H,2-3,6-7,10-13H2,1H3. The van der Waals surface area contributed by atoms with E-state index in [1.165, 1.54) is 37.9 Å². The SMILES string of the molecule is CCCNOc1ccccc1CN1CCCCC1. The molecule has 1 heterocycles. The quantitative estimate of drug-likeness (QED) is 0.619. The zero-order valence-corrected chi connectivity index (χ0v) is 11.3. The summed E-state index contributed by atoms with van der Waals surface area (Å²) >= 11 is 0. The van der Waals surface area contributed by atoms with Crippen molar-refractivity contribution < 1.29 is 4.84 Å². The smallest absolute Gasteiger partial charge is 0.151 e. The maximum atomic E-state index is 5.64. The highest BCUT2D eigenvalue weighted by atomic mass is 16.6. The van der Waals surface area contributed by atoms with Gasteiger partial charge in [-0.25, -0.2) is 0 Å². The first-order valence-electron chi connectivity index (χ1n) is 7.10. The molecule has 0 amide bonds. The van der Waals surface area contributed by atoms with Gasteiger partial charge in [0.05, 0.1) is 0 Å². The molecule has 100 valence electrons. The summed E-state index contributed by atoms with van der Waals surface area (Å²) in [6, 6.07) is 8.33. The van der Waals surface area contributed by atoms with Gasteiger partial charge in [-0.05, 0) is 38.4 Å². The molecule has 1 aliphatic rings. The van der Waals surface area contributed by atoms with Gasteiger partial charge in [0.25, 0.3) is 0 Å². The summed E-state index contributed by atoms with van der Waals surface area (Å²) in [7, 11) is 0. The molecule has 3 nitrogen and oxygen atoms in total. The lowest BCUT2D eigenvalue weighted by Crippen LogP contribution is -2.29. The average molecular weight is 248 g/mol. The van der Waals surface area contributed by atoms with E-state index in [2.05, 4.69) is 29.4 Å². The number of piperidine rings is 1. The average Bonchev–Trinajstić information content (AvgIpc) is 2.42. The number of hydrogen-bond donors (Lipinski definition) is 1. The van der Waals surface area contributed by atoms with Crippen LogP contribution in [0, 0.1) is 0 Å². The number of likely N-dealkylation sites (tertiary alicyclic amines) is 1. The van der Waals surface area contributed by atoms with Gasteiger partial charge in [0.2, 0.25) is 0 Å². The van der Waals surface area contributed by atoms with Crippen molar-refractivity contribution in [2.75, 3.05) is 19.6 Å². The van der Waals surface area contributed by atoms with E-state index in [0.717, 1.165) is 25.3 Å². The predicted molar refractivity (Wildman–Crippen MR) is 74.5 cm³/mol. The second-order valence-corrected chi connectivity index (χ2v) is 4.94. The van der Waals surface area contributed by atoms with Gasteiger partial charge in [-0.2, -0.15) is 5.48 Å². The summed E-state index contributed by atoms with van der Waals surface area (Å²) < 4.78 is 0. The normalized spacial score (nSPS) is 16.7. The zero-order valence-electron chi connectivity index (χ0n) is 11.3. The minimum Gasteiger partial charge on any atom is -0.408 e. The van der Waals surface area contributed by atoms with E-state index in [-0.39, 0.29) is 0 Å². The molecule has 0 aliphatic carbocycles. The van der Waals surface area contributed by atoms with Gasteiger partial charge in [0.15, 0.2) is 5.75 Å². The van der Waals surface area contributed by atoms with Crippen LogP contribution in [0.1, 0.15) is 38.2 Å². The van der Waals surface area contributed by atoms with Crippen LogP contribution in [0.15, 0.2) is 24.3 Å². The highest BCUT2D eigenvalue weighted by Crippen LogP contribution is 2.21. The van der Waals surface area contributed by atoms with E-state index in [1.807, 2.05) is 12.1 Å². The maximum Gasteiger partial charge on any atom is 0.151 e. The van der Waals surface area contributed by atoms with Gasteiger partial charge in [-0.15, -0.1) is 0 Å². The molecule has 1 aromatic rings. The lowest BCUT2D eigenvalue weighted by molar-refractivity contribution is 0.183. The van der Waals surface area contributed by atoms with Crippen LogP contribution in [0.5, 0.6) is 5.75 Å². The van der Waals surface area contributed by atoms with E-state index in [1.54, 1.807) is 0 Å². The van der Waals surface area contributed by atoms with Crippen molar-refractivity contribution in [2.24, 2.45) is 0 Å². The first-order valence-corrected chi connectivity index (χ1v) is 7.10. The van der Waals surface area contributed by atoms with Crippen LogP contribution in [0.3, 0.4) is 0 Å². The Morgan fingerprint density at radius 3 is 2.72 bits per heavy atom. The molecular weight excluding hydrogens is 224 g/mol.